The van der Waals surface area contributed by atoms with E-state index in [1.165, 1.54) is 16.0 Å². The van der Waals surface area contributed by atoms with Crippen molar-refractivity contribution in [2.24, 2.45) is 0 Å². The summed E-state index contributed by atoms with van der Waals surface area (Å²) in [5.41, 5.74) is 3.26. The molecule has 0 bridgehead atoms. The topological polar surface area (TPSA) is 50.8 Å². The van der Waals surface area contributed by atoms with Crippen molar-refractivity contribution in [2.75, 3.05) is 25.0 Å². The zero-order valence-electron chi connectivity index (χ0n) is 17.1. The molecule has 1 aromatic heterocycles. The minimum Gasteiger partial charge on any atom is -0.342 e. The Hall–Kier alpha value is -1.73. The monoisotopic (exact) mass is 412 g/mol. The van der Waals surface area contributed by atoms with Crippen LogP contribution in [0.25, 0.3) is 0 Å². The lowest BCUT2D eigenvalue weighted by Gasteiger charge is -2.41. The van der Waals surface area contributed by atoms with Crippen LogP contribution in [0, 0.1) is 0 Å². The Morgan fingerprint density at radius 3 is 3.00 bits per heavy atom. The number of benzene rings is 1. The molecule has 29 heavy (non-hydrogen) atoms. The van der Waals surface area contributed by atoms with Crippen LogP contribution in [0.5, 0.6) is 0 Å². The molecule has 3 aliphatic rings. The van der Waals surface area contributed by atoms with Gasteiger partial charge < -0.3 is 19.7 Å². The van der Waals surface area contributed by atoms with E-state index >= 15 is 0 Å². The molecular formula is C23H28N2O3S. The van der Waals surface area contributed by atoms with Crippen molar-refractivity contribution >= 4 is 22.9 Å². The first kappa shape index (κ1) is 19.2. The number of rotatable bonds is 4. The van der Waals surface area contributed by atoms with Gasteiger partial charge >= 0.3 is 0 Å². The van der Waals surface area contributed by atoms with Gasteiger partial charge in [-0.05, 0) is 61.7 Å². The normalized spacial score (nSPS) is 28.6. The van der Waals surface area contributed by atoms with Gasteiger partial charge in [0.25, 0.3) is 0 Å². The van der Waals surface area contributed by atoms with Crippen LogP contribution in [-0.2, 0) is 32.7 Å². The van der Waals surface area contributed by atoms with Gasteiger partial charge in [-0.3, -0.25) is 4.79 Å². The van der Waals surface area contributed by atoms with E-state index in [1.54, 1.807) is 11.3 Å². The van der Waals surface area contributed by atoms with E-state index in [-0.39, 0.29) is 17.6 Å². The molecule has 1 aromatic carbocycles. The largest absolute Gasteiger partial charge is 0.342 e. The third-order valence-corrected chi connectivity index (χ3v) is 7.35. The van der Waals surface area contributed by atoms with Crippen molar-refractivity contribution in [1.82, 2.24) is 4.90 Å². The zero-order valence-corrected chi connectivity index (χ0v) is 17.9. The van der Waals surface area contributed by atoms with Crippen LogP contribution in [-0.4, -0.2) is 42.3 Å². The smallest absolute Gasteiger partial charge is 0.224 e. The summed E-state index contributed by atoms with van der Waals surface area (Å²) in [5, 5.41) is 5.09. The van der Waals surface area contributed by atoms with Crippen LogP contribution in [0.4, 0.5) is 5.69 Å². The first-order valence-electron chi connectivity index (χ1n) is 10.5. The molecule has 154 valence electrons. The Bertz CT molecular complexity index is 911. The molecule has 4 heterocycles. The molecule has 1 amide bonds. The van der Waals surface area contributed by atoms with Gasteiger partial charge in [-0.15, -0.1) is 11.3 Å². The maximum atomic E-state index is 11.6. The molecular weight excluding hydrogens is 384 g/mol. The average molecular weight is 413 g/mol. The summed E-state index contributed by atoms with van der Waals surface area (Å²) in [7, 11) is 0. The number of amides is 1. The minimum absolute atomic E-state index is 0.0589. The summed E-state index contributed by atoms with van der Waals surface area (Å²) >= 11 is 1.77. The quantitative estimate of drug-likeness (QED) is 0.827. The van der Waals surface area contributed by atoms with Crippen LogP contribution in [0.15, 0.2) is 35.7 Å². The number of thiophene rings is 1. The van der Waals surface area contributed by atoms with Gasteiger partial charge in [-0.2, -0.15) is 0 Å². The van der Waals surface area contributed by atoms with Crippen LogP contribution in [0.3, 0.4) is 0 Å². The number of aryl methyl sites for hydroxylation is 1. The summed E-state index contributed by atoms with van der Waals surface area (Å²) in [6, 6.07) is 10.7. The molecule has 2 aromatic rings. The van der Waals surface area contributed by atoms with Crippen LogP contribution >= 0.6 is 11.3 Å². The van der Waals surface area contributed by atoms with E-state index in [0.717, 1.165) is 44.6 Å². The molecule has 0 radical (unpaired) electrons. The van der Waals surface area contributed by atoms with E-state index in [2.05, 4.69) is 45.9 Å². The molecule has 2 unspecified atom stereocenters. The number of ether oxygens (including phenoxy) is 2. The molecule has 0 spiro atoms. The van der Waals surface area contributed by atoms with E-state index in [4.69, 9.17) is 9.47 Å². The van der Waals surface area contributed by atoms with Crippen molar-refractivity contribution in [3.63, 3.8) is 0 Å². The van der Waals surface area contributed by atoms with Crippen LogP contribution in [0.2, 0.25) is 0 Å². The highest BCUT2D eigenvalue weighted by atomic mass is 32.1. The van der Waals surface area contributed by atoms with Crippen LogP contribution < -0.4 is 5.32 Å². The molecule has 2 saturated heterocycles. The Morgan fingerprint density at radius 1 is 1.28 bits per heavy atom. The molecule has 1 N–H and O–H groups in total. The third kappa shape index (κ3) is 3.63. The molecule has 6 heteroatoms. The standard InChI is InChI=1S/C23H28N2O3S/c1-22(2)27-19-15-25(12-10-23(19,28-22)20-4-3-13-29-20)11-9-16-5-7-18-17(14-16)6-8-21(26)24-18/h3-5,7,13-14,19H,6,8-12,15H2,1-2H3,(H,24,26). The second kappa shape index (κ2) is 7.20. The number of hydrogen-bond donors (Lipinski definition) is 1. The fraction of sp³-hybridized carbons (Fsp3) is 0.522. The number of nitrogens with zero attached hydrogens (tertiary/aromatic N) is 1. The van der Waals surface area contributed by atoms with Crippen molar-refractivity contribution in [2.45, 2.75) is 57.0 Å². The first-order chi connectivity index (χ1) is 13.9. The minimum atomic E-state index is -0.548. The van der Waals surface area contributed by atoms with Gasteiger partial charge in [0.2, 0.25) is 5.91 Å². The summed E-state index contributed by atoms with van der Waals surface area (Å²) in [6.45, 7) is 6.96. The van der Waals surface area contributed by atoms with Gasteiger partial charge in [0, 0.05) is 36.6 Å². The summed E-state index contributed by atoms with van der Waals surface area (Å²) in [4.78, 5) is 15.3. The number of carbonyl (C=O) groups is 1. The molecule has 5 rings (SSSR count). The lowest BCUT2D eigenvalue weighted by Crippen LogP contribution is -2.52. The average Bonchev–Trinajstić information content (AvgIpc) is 3.31. The Balaban J connectivity index is 1.26. The van der Waals surface area contributed by atoms with Crippen molar-refractivity contribution in [3.8, 4) is 0 Å². The van der Waals surface area contributed by atoms with Gasteiger partial charge in [0.1, 0.15) is 11.7 Å². The van der Waals surface area contributed by atoms with Gasteiger partial charge in [-0.1, -0.05) is 18.2 Å². The fourth-order valence-electron chi connectivity index (χ4n) is 4.95. The summed E-state index contributed by atoms with van der Waals surface area (Å²) in [6.07, 6.45) is 3.44. The van der Waals surface area contributed by atoms with E-state index < -0.39 is 5.79 Å². The Labute approximate surface area is 176 Å². The van der Waals surface area contributed by atoms with Crippen molar-refractivity contribution in [3.05, 3.63) is 51.7 Å². The van der Waals surface area contributed by atoms with Crippen molar-refractivity contribution in [1.29, 1.82) is 0 Å². The molecule has 3 aliphatic heterocycles. The highest BCUT2D eigenvalue weighted by Crippen LogP contribution is 2.49. The number of fused-ring (bicyclic) bond motifs is 2. The molecule has 5 nitrogen and oxygen atoms in total. The van der Waals surface area contributed by atoms with Crippen LogP contribution in [0.1, 0.15) is 42.7 Å². The maximum Gasteiger partial charge on any atom is 0.224 e. The highest BCUT2D eigenvalue weighted by Gasteiger charge is 2.56. The summed E-state index contributed by atoms with van der Waals surface area (Å²) < 4.78 is 12.8. The lowest BCUT2D eigenvalue weighted by molar-refractivity contribution is -0.164. The number of anilines is 1. The second-order valence-electron chi connectivity index (χ2n) is 8.82. The van der Waals surface area contributed by atoms with E-state index in [1.807, 2.05) is 13.8 Å². The maximum absolute atomic E-state index is 11.6. The lowest BCUT2D eigenvalue weighted by atomic mass is 9.87. The van der Waals surface area contributed by atoms with E-state index in [0.29, 0.717) is 6.42 Å². The number of piperidine rings is 1. The number of carbonyl (C=O) groups excluding carboxylic acids is 1. The third-order valence-electron chi connectivity index (χ3n) is 6.32. The highest BCUT2D eigenvalue weighted by molar-refractivity contribution is 7.10. The number of nitrogens with one attached hydrogen (secondary N) is 1. The predicted octanol–water partition coefficient (Wildman–Crippen LogP) is 3.93. The number of likely N-dealkylation sites (tertiary alicyclic amines) is 1. The second-order valence-corrected chi connectivity index (χ2v) is 9.76. The zero-order chi connectivity index (χ0) is 20.1. The molecule has 0 saturated carbocycles. The van der Waals surface area contributed by atoms with E-state index in [9.17, 15) is 4.79 Å². The SMILES string of the molecule is CC1(C)OC2CN(CCc3ccc4c(c3)CCC(=O)N4)CCC2(c2cccs2)O1. The van der Waals surface area contributed by atoms with Gasteiger partial charge in [-0.25, -0.2) is 0 Å². The predicted molar refractivity (Wildman–Crippen MR) is 114 cm³/mol. The summed E-state index contributed by atoms with van der Waals surface area (Å²) in [5.74, 6) is -0.428. The molecule has 2 fully saturated rings. The first-order valence-corrected chi connectivity index (χ1v) is 11.4. The Morgan fingerprint density at radius 2 is 2.17 bits per heavy atom. The molecule has 2 atom stereocenters. The molecule has 0 aliphatic carbocycles. The van der Waals surface area contributed by atoms with Gasteiger partial charge in [0.05, 0.1) is 0 Å². The Kier molecular flexibility index (Phi) is 4.78. The number of hydrogen-bond acceptors (Lipinski definition) is 5. The van der Waals surface area contributed by atoms with Crippen molar-refractivity contribution < 1.29 is 14.3 Å². The van der Waals surface area contributed by atoms with Gasteiger partial charge in [0.15, 0.2) is 5.79 Å². The fourth-order valence-corrected chi connectivity index (χ4v) is 5.88.